The second-order valence-corrected chi connectivity index (χ2v) is 5.92. The highest BCUT2D eigenvalue weighted by Crippen LogP contribution is 2.24. The van der Waals surface area contributed by atoms with Gasteiger partial charge in [0.2, 0.25) is 10.0 Å². The summed E-state index contributed by atoms with van der Waals surface area (Å²) in [5, 5.41) is 17.3. The number of hydrogen-bond acceptors (Lipinski definition) is 5. The lowest BCUT2D eigenvalue weighted by atomic mass is 10.2. The molecule has 7 nitrogen and oxygen atoms in total. The van der Waals surface area contributed by atoms with Gasteiger partial charge in [0.15, 0.2) is 0 Å². The number of hydrogen-bond donors (Lipinski definition) is 2. The molecule has 0 radical (unpaired) electrons. The molecule has 0 aliphatic rings. The average molecular weight is 312 g/mol. The molecule has 0 fully saturated rings. The summed E-state index contributed by atoms with van der Waals surface area (Å²) in [6, 6.07) is 5.54. The first-order chi connectivity index (χ1) is 9.92. The van der Waals surface area contributed by atoms with E-state index in [1.807, 2.05) is 6.07 Å². The number of aromatic carboxylic acids is 1. The fourth-order valence-corrected chi connectivity index (χ4v) is 2.86. The molecule has 0 heterocycles. The van der Waals surface area contributed by atoms with Crippen molar-refractivity contribution < 1.29 is 23.1 Å². The van der Waals surface area contributed by atoms with Gasteiger partial charge in [0.1, 0.15) is 10.6 Å². The second kappa shape index (κ2) is 7.61. The first kappa shape index (κ1) is 16.9. The van der Waals surface area contributed by atoms with E-state index in [9.17, 15) is 13.2 Å². The van der Waals surface area contributed by atoms with Gasteiger partial charge in [-0.25, -0.2) is 17.9 Å². The van der Waals surface area contributed by atoms with E-state index in [4.69, 9.17) is 15.1 Å². The number of ether oxygens (including phenoxy) is 1. The first-order valence-corrected chi connectivity index (χ1v) is 7.68. The quantitative estimate of drug-likeness (QED) is 0.700. The molecule has 1 rings (SSSR count). The maximum Gasteiger partial charge on any atom is 0.335 e. The summed E-state index contributed by atoms with van der Waals surface area (Å²) in [6.45, 7) is 0.202. The highest BCUT2D eigenvalue weighted by Gasteiger charge is 2.20. The van der Waals surface area contributed by atoms with Crippen LogP contribution in [0, 0.1) is 11.3 Å². The number of nitrogens with zero attached hydrogens (tertiary/aromatic N) is 1. The fourth-order valence-electron chi connectivity index (χ4n) is 1.64. The fraction of sp³-hybridized carbons (Fsp3) is 0.385. The third-order valence-corrected chi connectivity index (χ3v) is 4.21. The van der Waals surface area contributed by atoms with Gasteiger partial charge in [-0.2, -0.15) is 5.26 Å². The normalized spacial score (nSPS) is 10.9. The molecular weight excluding hydrogens is 296 g/mol. The van der Waals surface area contributed by atoms with Crippen LogP contribution in [-0.2, 0) is 10.0 Å². The number of nitriles is 1. The Morgan fingerprint density at radius 3 is 2.71 bits per heavy atom. The van der Waals surface area contributed by atoms with Crippen LogP contribution < -0.4 is 9.46 Å². The first-order valence-electron chi connectivity index (χ1n) is 6.20. The molecule has 0 bridgehead atoms. The monoisotopic (exact) mass is 312 g/mol. The van der Waals surface area contributed by atoms with Crippen LogP contribution in [-0.4, -0.2) is 33.1 Å². The zero-order valence-corrected chi connectivity index (χ0v) is 12.3. The zero-order valence-electron chi connectivity index (χ0n) is 11.5. The van der Waals surface area contributed by atoms with Crippen molar-refractivity contribution >= 4 is 16.0 Å². The molecule has 0 amide bonds. The second-order valence-electron chi connectivity index (χ2n) is 4.18. The van der Waals surface area contributed by atoms with E-state index in [-0.39, 0.29) is 22.8 Å². The van der Waals surface area contributed by atoms with Crippen molar-refractivity contribution in [3.63, 3.8) is 0 Å². The molecular formula is C13H16N2O5S. The Balaban J connectivity index is 2.88. The summed E-state index contributed by atoms with van der Waals surface area (Å²) in [7, 11) is -2.51. The van der Waals surface area contributed by atoms with Crippen molar-refractivity contribution in [1.29, 1.82) is 5.26 Å². The molecule has 0 aliphatic carbocycles. The van der Waals surface area contributed by atoms with Gasteiger partial charge in [-0.15, -0.1) is 0 Å². The third-order valence-electron chi connectivity index (χ3n) is 2.71. The number of unbranched alkanes of at least 4 members (excludes halogenated alkanes) is 2. The van der Waals surface area contributed by atoms with Gasteiger partial charge >= 0.3 is 5.97 Å². The largest absolute Gasteiger partial charge is 0.495 e. The Hall–Kier alpha value is -2.11. The van der Waals surface area contributed by atoms with Crippen LogP contribution in [0.25, 0.3) is 0 Å². The lowest BCUT2D eigenvalue weighted by Crippen LogP contribution is -2.25. The smallest absolute Gasteiger partial charge is 0.335 e. The molecule has 0 spiro atoms. The number of nitrogens with one attached hydrogen (secondary N) is 1. The van der Waals surface area contributed by atoms with Crippen molar-refractivity contribution in [3.05, 3.63) is 23.8 Å². The number of methoxy groups -OCH3 is 1. The van der Waals surface area contributed by atoms with Crippen LogP contribution in [0.4, 0.5) is 0 Å². The summed E-state index contributed by atoms with van der Waals surface area (Å²) in [5.74, 6) is -1.19. The Morgan fingerprint density at radius 2 is 2.14 bits per heavy atom. The summed E-state index contributed by atoms with van der Waals surface area (Å²) >= 11 is 0. The average Bonchev–Trinajstić information content (AvgIpc) is 2.46. The minimum absolute atomic E-state index is 0.0283. The van der Waals surface area contributed by atoms with Crippen LogP contribution in [0.15, 0.2) is 23.1 Å². The van der Waals surface area contributed by atoms with Crippen LogP contribution in [0.1, 0.15) is 29.6 Å². The van der Waals surface area contributed by atoms with E-state index in [2.05, 4.69) is 4.72 Å². The number of carbonyl (C=O) groups is 1. The molecule has 114 valence electrons. The summed E-state index contributed by atoms with van der Waals surface area (Å²) in [4.78, 5) is 10.7. The highest BCUT2D eigenvalue weighted by molar-refractivity contribution is 7.89. The lowest BCUT2D eigenvalue weighted by molar-refractivity contribution is 0.0696. The minimum Gasteiger partial charge on any atom is -0.495 e. The van der Waals surface area contributed by atoms with E-state index in [1.165, 1.54) is 19.2 Å². The van der Waals surface area contributed by atoms with Gasteiger partial charge in [0.25, 0.3) is 0 Å². The van der Waals surface area contributed by atoms with Gasteiger partial charge in [-0.1, -0.05) is 0 Å². The molecule has 21 heavy (non-hydrogen) atoms. The third kappa shape index (κ3) is 4.73. The summed E-state index contributed by atoms with van der Waals surface area (Å²) in [5.41, 5.74) is -0.0557. The Morgan fingerprint density at radius 1 is 1.43 bits per heavy atom. The number of benzene rings is 1. The predicted molar refractivity (Wildman–Crippen MR) is 74.6 cm³/mol. The van der Waals surface area contributed by atoms with Gasteiger partial charge in [-0.3, -0.25) is 0 Å². The molecule has 0 unspecified atom stereocenters. The molecule has 8 heteroatoms. The Labute approximate surface area is 123 Å². The molecule has 1 aromatic carbocycles. The van der Waals surface area contributed by atoms with Crippen LogP contribution >= 0.6 is 0 Å². The van der Waals surface area contributed by atoms with E-state index >= 15 is 0 Å². The SMILES string of the molecule is COc1cc(C(=O)O)ccc1S(=O)(=O)NCCCCC#N. The van der Waals surface area contributed by atoms with Crippen LogP contribution in [0.5, 0.6) is 5.75 Å². The van der Waals surface area contributed by atoms with Crippen molar-refractivity contribution in [3.8, 4) is 11.8 Å². The van der Waals surface area contributed by atoms with Gasteiger partial charge in [-0.05, 0) is 31.0 Å². The van der Waals surface area contributed by atoms with Crippen molar-refractivity contribution in [1.82, 2.24) is 4.72 Å². The van der Waals surface area contributed by atoms with Gasteiger partial charge < -0.3 is 9.84 Å². The van der Waals surface area contributed by atoms with E-state index < -0.39 is 16.0 Å². The number of sulfonamides is 1. The topological polar surface area (TPSA) is 116 Å². The maximum atomic E-state index is 12.1. The zero-order chi connectivity index (χ0) is 15.9. The van der Waals surface area contributed by atoms with E-state index in [1.54, 1.807) is 0 Å². The van der Waals surface area contributed by atoms with E-state index in [0.29, 0.717) is 19.3 Å². The van der Waals surface area contributed by atoms with Crippen LogP contribution in [0.3, 0.4) is 0 Å². The number of carboxylic acids is 1. The van der Waals surface area contributed by atoms with E-state index in [0.717, 1.165) is 6.07 Å². The Bertz CT molecular complexity index is 649. The maximum absolute atomic E-state index is 12.1. The Kier molecular flexibility index (Phi) is 6.14. The number of rotatable bonds is 8. The van der Waals surface area contributed by atoms with Gasteiger partial charge in [0.05, 0.1) is 18.7 Å². The lowest BCUT2D eigenvalue weighted by Gasteiger charge is -2.11. The van der Waals surface area contributed by atoms with Crippen molar-refractivity contribution in [2.45, 2.75) is 24.2 Å². The van der Waals surface area contributed by atoms with Gasteiger partial charge in [0, 0.05) is 13.0 Å². The highest BCUT2D eigenvalue weighted by atomic mass is 32.2. The molecule has 1 aromatic rings. The molecule has 0 saturated carbocycles. The molecule has 2 N–H and O–H groups in total. The molecule has 0 aromatic heterocycles. The molecule has 0 aliphatic heterocycles. The predicted octanol–water partition coefficient (Wildman–Crippen LogP) is 1.37. The molecule has 0 saturated heterocycles. The van der Waals surface area contributed by atoms with Crippen molar-refractivity contribution in [2.75, 3.05) is 13.7 Å². The van der Waals surface area contributed by atoms with Crippen LogP contribution in [0.2, 0.25) is 0 Å². The number of carboxylic acid groups (broad SMARTS) is 1. The summed E-state index contributed by atoms with van der Waals surface area (Å²) in [6.07, 6.45) is 1.52. The molecule has 0 atom stereocenters. The summed E-state index contributed by atoms with van der Waals surface area (Å²) < 4.78 is 31.6. The van der Waals surface area contributed by atoms with Crippen molar-refractivity contribution in [2.24, 2.45) is 0 Å². The standard InChI is InChI=1S/C13H16N2O5S/c1-20-11-9-10(13(16)17)5-6-12(11)21(18,19)15-8-4-2-3-7-14/h5-6,9,15H,2-4,8H2,1H3,(H,16,17). The minimum atomic E-state index is -3.78.